The van der Waals surface area contributed by atoms with Crippen molar-refractivity contribution in [3.8, 4) is 5.69 Å². The fraction of sp³-hybridized carbons (Fsp3) is 0.190. The largest absolute Gasteiger partial charge is 0.337 e. The molecule has 0 N–H and O–H groups in total. The predicted molar refractivity (Wildman–Crippen MR) is 111 cm³/mol. The summed E-state index contributed by atoms with van der Waals surface area (Å²) in [6, 6.07) is 15.0. The van der Waals surface area contributed by atoms with E-state index in [1.54, 1.807) is 42.1 Å². The van der Waals surface area contributed by atoms with E-state index in [2.05, 4.69) is 4.98 Å². The van der Waals surface area contributed by atoms with E-state index in [-0.39, 0.29) is 12.1 Å². The van der Waals surface area contributed by atoms with Crippen LogP contribution in [0.15, 0.2) is 64.4 Å². The molecular formula is C21H19ClN4O2. The van der Waals surface area contributed by atoms with E-state index in [1.165, 1.54) is 14.7 Å². The summed E-state index contributed by atoms with van der Waals surface area (Å²) in [6.45, 7) is 4.58. The van der Waals surface area contributed by atoms with Gasteiger partial charge in [0.15, 0.2) is 11.2 Å². The first-order chi connectivity index (χ1) is 13.5. The van der Waals surface area contributed by atoms with E-state index in [0.717, 1.165) is 5.56 Å². The van der Waals surface area contributed by atoms with Crippen LogP contribution in [-0.2, 0) is 13.1 Å². The summed E-state index contributed by atoms with van der Waals surface area (Å²) in [7, 11) is 0. The van der Waals surface area contributed by atoms with Crippen molar-refractivity contribution >= 4 is 22.8 Å². The van der Waals surface area contributed by atoms with Crippen LogP contribution >= 0.6 is 11.6 Å². The third kappa shape index (κ3) is 3.05. The molecule has 6 nitrogen and oxygen atoms in total. The van der Waals surface area contributed by atoms with Crippen LogP contribution in [0.1, 0.15) is 18.1 Å². The highest BCUT2D eigenvalue weighted by Gasteiger charge is 2.18. The molecule has 0 radical (unpaired) electrons. The molecule has 0 saturated carbocycles. The number of aryl methyl sites for hydroxylation is 1. The van der Waals surface area contributed by atoms with Gasteiger partial charge in [0, 0.05) is 18.1 Å². The van der Waals surface area contributed by atoms with E-state index in [9.17, 15) is 9.59 Å². The van der Waals surface area contributed by atoms with E-state index in [1.807, 2.05) is 31.2 Å². The Morgan fingerprint density at radius 1 is 1.00 bits per heavy atom. The third-order valence-corrected chi connectivity index (χ3v) is 5.03. The van der Waals surface area contributed by atoms with Crippen LogP contribution in [0.25, 0.3) is 16.9 Å². The van der Waals surface area contributed by atoms with Crippen LogP contribution in [-0.4, -0.2) is 18.7 Å². The van der Waals surface area contributed by atoms with Gasteiger partial charge in [0.1, 0.15) is 0 Å². The summed E-state index contributed by atoms with van der Waals surface area (Å²) in [5.74, 6) is 0. The van der Waals surface area contributed by atoms with Gasteiger partial charge in [0.05, 0.1) is 12.0 Å². The lowest BCUT2D eigenvalue weighted by Crippen LogP contribution is -2.39. The van der Waals surface area contributed by atoms with Gasteiger partial charge >= 0.3 is 5.69 Å². The Balaban J connectivity index is 1.97. The Hall–Kier alpha value is -3.12. The smallest absolute Gasteiger partial charge is 0.320 e. The van der Waals surface area contributed by atoms with Gasteiger partial charge in [-0.25, -0.2) is 14.3 Å². The molecule has 28 heavy (non-hydrogen) atoms. The average molecular weight is 395 g/mol. The second-order valence-corrected chi connectivity index (χ2v) is 7.11. The molecule has 0 spiro atoms. The predicted octanol–water partition coefficient (Wildman–Crippen LogP) is 3.38. The maximum absolute atomic E-state index is 13.0. The minimum Gasteiger partial charge on any atom is -0.320 e. The first-order valence-electron chi connectivity index (χ1n) is 9.01. The molecule has 0 fully saturated rings. The molecular weight excluding hydrogens is 376 g/mol. The van der Waals surface area contributed by atoms with Crippen molar-refractivity contribution in [1.29, 1.82) is 0 Å². The van der Waals surface area contributed by atoms with Crippen LogP contribution in [0, 0.1) is 6.92 Å². The third-order valence-electron chi connectivity index (χ3n) is 4.77. The Bertz CT molecular complexity index is 1270. The van der Waals surface area contributed by atoms with Crippen LogP contribution in [0.5, 0.6) is 0 Å². The number of hydrogen-bond donors (Lipinski definition) is 0. The number of imidazole rings is 1. The molecule has 0 aliphatic rings. The van der Waals surface area contributed by atoms with Crippen LogP contribution in [0.3, 0.4) is 0 Å². The van der Waals surface area contributed by atoms with E-state index < -0.39 is 5.69 Å². The molecule has 2 heterocycles. The van der Waals surface area contributed by atoms with Gasteiger partial charge in [-0.1, -0.05) is 41.4 Å². The van der Waals surface area contributed by atoms with Crippen molar-refractivity contribution in [2.24, 2.45) is 0 Å². The summed E-state index contributed by atoms with van der Waals surface area (Å²) in [5.41, 5.74) is 2.83. The first-order valence-corrected chi connectivity index (χ1v) is 9.39. The van der Waals surface area contributed by atoms with Crippen molar-refractivity contribution in [2.75, 3.05) is 0 Å². The van der Waals surface area contributed by atoms with E-state index in [0.29, 0.717) is 28.4 Å². The van der Waals surface area contributed by atoms with Gasteiger partial charge in [-0.15, -0.1) is 0 Å². The zero-order valence-electron chi connectivity index (χ0n) is 15.6. The molecule has 0 bridgehead atoms. The fourth-order valence-electron chi connectivity index (χ4n) is 3.29. The molecule has 0 saturated heterocycles. The lowest BCUT2D eigenvalue weighted by molar-refractivity contribution is 0.655. The second kappa shape index (κ2) is 7.13. The van der Waals surface area contributed by atoms with Gasteiger partial charge in [-0.2, -0.15) is 0 Å². The minimum atomic E-state index is -0.414. The molecule has 0 unspecified atom stereocenters. The minimum absolute atomic E-state index is 0.275. The number of rotatable bonds is 4. The topological polar surface area (TPSA) is 61.8 Å². The highest BCUT2D eigenvalue weighted by Crippen LogP contribution is 2.17. The van der Waals surface area contributed by atoms with Crippen molar-refractivity contribution < 1.29 is 0 Å². The number of aromatic nitrogens is 4. The lowest BCUT2D eigenvalue weighted by Gasteiger charge is -2.12. The van der Waals surface area contributed by atoms with E-state index >= 15 is 0 Å². The van der Waals surface area contributed by atoms with Gasteiger partial charge in [-0.3, -0.25) is 9.36 Å². The summed E-state index contributed by atoms with van der Waals surface area (Å²) in [5, 5.41) is 0.571. The number of halogens is 1. The Labute approximate surface area is 166 Å². The molecule has 2 aromatic carbocycles. The molecule has 7 heteroatoms. The highest BCUT2D eigenvalue weighted by molar-refractivity contribution is 6.30. The molecule has 0 atom stereocenters. The van der Waals surface area contributed by atoms with Crippen LogP contribution < -0.4 is 11.2 Å². The average Bonchev–Trinajstić information content (AvgIpc) is 3.09. The Morgan fingerprint density at radius 3 is 2.32 bits per heavy atom. The Kier molecular flexibility index (Phi) is 4.65. The summed E-state index contributed by atoms with van der Waals surface area (Å²) in [4.78, 5) is 30.4. The van der Waals surface area contributed by atoms with Crippen molar-refractivity contribution in [3.63, 3.8) is 0 Å². The highest BCUT2D eigenvalue weighted by atomic mass is 35.5. The van der Waals surface area contributed by atoms with E-state index in [4.69, 9.17) is 11.6 Å². The van der Waals surface area contributed by atoms with Crippen LogP contribution in [0.2, 0.25) is 5.02 Å². The summed E-state index contributed by atoms with van der Waals surface area (Å²) < 4.78 is 4.48. The molecule has 0 amide bonds. The zero-order chi connectivity index (χ0) is 19.8. The molecule has 0 aliphatic carbocycles. The van der Waals surface area contributed by atoms with Gasteiger partial charge in [0.25, 0.3) is 5.56 Å². The molecule has 4 rings (SSSR count). The SMILES string of the molecule is CCn1c(=O)c2c(ncn2Cc2ccc(C)cc2)n(-c2ccc(Cl)cc2)c1=O. The lowest BCUT2D eigenvalue weighted by atomic mass is 10.1. The Morgan fingerprint density at radius 2 is 1.68 bits per heavy atom. The first kappa shape index (κ1) is 18.3. The van der Waals surface area contributed by atoms with Gasteiger partial charge < -0.3 is 4.57 Å². The number of fused-ring (bicyclic) bond motifs is 1. The number of benzene rings is 2. The fourth-order valence-corrected chi connectivity index (χ4v) is 3.42. The normalized spacial score (nSPS) is 11.2. The zero-order valence-corrected chi connectivity index (χ0v) is 16.3. The summed E-state index contributed by atoms with van der Waals surface area (Å²) >= 11 is 5.98. The van der Waals surface area contributed by atoms with Gasteiger partial charge in [-0.05, 0) is 43.7 Å². The van der Waals surface area contributed by atoms with Gasteiger partial charge in [0.2, 0.25) is 0 Å². The van der Waals surface area contributed by atoms with Crippen molar-refractivity contribution in [2.45, 2.75) is 26.9 Å². The summed E-state index contributed by atoms with van der Waals surface area (Å²) in [6.07, 6.45) is 1.61. The maximum Gasteiger partial charge on any atom is 0.337 e. The van der Waals surface area contributed by atoms with Crippen LogP contribution in [0.4, 0.5) is 0 Å². The second-order valence-electron chi connectivity index (χ2n) is 6.67. The quantitative estimate of drug-likeness (QED) is 0.533. The molecule has 2 aromatic heterocycles. The number of nitrogens with zero attached hydrogens (tertiary/aromatic N) is 4. The van der Waals surface area contributed by atoms with Crippen molar-refractivity contribution in [3.05, 3.63) is 91.8 Å². The monoisotopic (exact) mass is 394 g/mol. The maximum atomic E-state index is 13.0. The van der Waals surface area contributed by atoms with Crippen molar-refractivity contribution in [1.82, 2.24) is 18.7 Å². The standard InChI is InChI=1S/C21H19ClN4O2/c1-3-25-20(27)18-19(26(21(25)28)17-10-8-16(22)9-11-17)23-13-24(18)12-15-6-4-14(2)5-7-15/h4-11,13H,3,12H2,1-2H3. The molecule has 142 valence electrons. The molecule has 4 aromatic rings. The number of hydrogen-bond acceptors (Lipinski definition) is 3. The molecule has 0 aliphatic heterocycles.